The standard InChI is InChI=1S/C20H20N2OS3/c1-24-17-6-3-2-5-15(17)21-19(23)13-22-10-8-16-14(9-12-26-16)20(22)18-7-4-11-25-18/h2-7,9,11-12,20H,8,10,13H2,1H3,(H,21,23)/t20-/m0/s1. The van der Waals surface area contributed by atoms with Crippen LogP contribution >= 0.6 is 34.4 Å². The maximum absolute atomic E-state index is 12.8. The van der Waals surface area contributed by atoms with E-state index in [2.05, 4.69) is 39.2 Å². The molecule has 3 nitrogen and oxygen atoms in total. The number of nitrogens with one attached hydrogen (secondary N) is 1. The molecule has 1 amide bonds. The second-order valence-corrected chi connectivity index (χ2v) is 9.01. The molecule has 1 N–H and O–H groups in total. The number of hydrogen-bond donors (Lipinski definition) is 1. The number of carbonyl (C=O) groups is 1. The van der Waals surface area contributed by atoms with E-state index in [1.807, 2.05) is 41.9 Å². The van der Waals surface area contributed by atoms with Gasteiger partial charge in [-0.1, -0.05) is 18.2 Å². The molecule has 6 heteroatoms. The Labute approximate surface area is 166 Å². The third-order valence-electron chi connectivity index (χ3n) is 4.61. The zero-order chi connectivity index (χ0) is 17.9. The summed E-state index contributed by atoms with van der Waals surface area (Å²) in [4.78, 5) is 18.9. The van der Waals surface area contributed by atoms with Crippen molar-refractivity contribution in [3.63, 3.8) is 0 Å². The number of fused-ring (bicyclic) bond motifs is 1. The van der Waals surface area contributed by atoms with Gasteiger partial charge in [-0.25, -0.2) is 0 Å². The predicted molar refractivity (Wildman–Crippen MR) is 113 cm³/mol. The normalized spacial score (nSPS) is 17.0. The third kappa shape index (κ3) is 3.60. The van der Waals surface area contributed by atoms with Crippen LogP contribution in [0.1, 0.15) is 21.4 Å². The second kappa shape index (κ2) is 7.96. The fraction of sp³-hybridized carbons (Fsp3) is 0.250. The van der Waals surface area contributed by atoms with Crippen molar-refractivity contribution in [3.05, 3.63) is 68.5 Å². The average molecular weight is 401 g/mol. The Morgan fingerprint density at radius 2 is 2.08 bits per heavy atom. The minimum Gasteiger partial charge on any atom is -0.324 e. The number of nitrogens with zero attached hydrogens (tertiary/aromatic N) is 1. The van der Waals surface area contributed by atoms with Crippen LogP contribution in [0, 0.1) is 0 Å². The first kappa shape index (κ1) is 17.8. The van der Waals surface area contributed by atoms with Crippen LogP contribution in [0.3, 0.4) is 0 Å². The molecule has 0 fully saturated rings. The lowest BCUT2D eigenvalue weighted by Crippen LogP contribution is -2.40. The van der Waals surface area contributed by atoms with E-state index < -0.39 is 0 Å². The smallest absolute Gasteiger partial charge is 0.238 e. The van der Waals surface area contributed by atoms with Crippen molar-refractivity contribution in [1.29, 1.82) is 0 Å². The lowest BCUT2D eigenvalue weighted by molar-refractivity contribution is -0.117. The Balaban J connectivity index is 1.54. The van der Waals surface area contributed by atoms with E-state index >= 15 is 0 Å². The first-order valence-corrected chi connectivity index (χ1v) is 11.5. The molecule has 1 aliphatic rings. The molecule has 4 rings (SSSR count). The summed E-state index contributed by atoms with van der Waals surface area (Å²) in [5, 5.41) is 7.38. The van der Waals surface area contributed by atoms with Crippen molar-refractivity contribution in [2.24, 2.45) is 0 Å². The van der Waals surface area contributed by atoms with Crippen LogP contribution in [-0.4, -0.2) is 30.2 Å². The maximum atomic E-state index is 12.8. The number of thiophene rings is 2. The minimum absolute atomic E-state index is 0.0479. The zero-order valence-electron chi connectivity index (χ0n) is 14.5. The van der Waals surface area contributed by atoms with Gasteiger partial charge in [-0.05, 0) is 53.3 Å². The highest BCUT2D eigenvalue weighted by atomic mass is 32.2. The molecule has 0 bridgehead atoms. The van der Waals surface area contributed by atoms with Crippen molar-refractivity contribution < 1.29 is 4.79 Å². The molecule has 0 radical (unpaired) electrons. The molecule has 0 spiro atoms. The highest BCUT2D eigenvalue weighted by Gasteiger charge is 2.31. The quantitative estimate of drug-likeness (QED) is 0.604. The third-order valence-corrected chi connectivity index (χ3v) is 7.32. The zero-order valence-corrected chi connectivity index (χ0v) is 16.9. The van der Waals surface area contributed by atoms with Gasteiger partial charge in [-0.2, -0.15) is 0 Å². The van der Waals surface area contributed by atoms with E-state index in [-0.39, 0.29) is 11.9 Å². The first-order chi connectivity index (χ1) is 12.8. The summed E-state index contributed by atoms with van der Waals surface area (Å²) in [7, 11) is 0. The molecule has 3 aromatic rings. The van der Waals surface area contributed by atoms with Gasteiger partial charge in [0.05, 0.1) is 18.3 Å². The Hall–Kier alpha value is -1.60. The van der Waals surface area contributed by atoms with Gasteiger partial charge in [-0.15, -0.1) is 34.4 Å². The Kier molecular flexibility index (Phi) is 5.45. The summed E-state index contributed by atoms with van der Waals surface area (Å²) < 4.78 is 0. The van der Waals surface area contributed by atoms with E-state index in [0.717, 1.165) is 23.5 Å². The minimum atomic E-state index is 0.0479. The van der Waals surface area contributed by atoms with Gasteiger partial charge in [0.2, 0.25) is 5.91 Å². The summed E-state index contributed by atoms with van der Waals surface area (Å²) in [6.07, 6.45) is 3.05. The second-order valence-electron chi connectivity index (χ2n) is 6.19. The monoisotopic (exact) mass is 400 g/mol. The Morgan fingerprint density at radius 1 is 1.19 bits per heavy atom. The van der Waals surface area contributed by atoms with Gasteiger partial charge >= 0.3 is 0 Å². The Bertz CT molecular complexity index is 888. The van der Waals surface area contributed by atoms with Crippen LogP contribution in [0.15, 0.2) is 58.1 Å². The fourth-order valence-electron chi connectivity index (χ4n) is 3.44. The maximum Gasteiger partial charge on any atom is 0.238 e. The molecule has 2 aromatic heterocycles. The molecular weight excluding hydrogens is 380 g/mol. The van der Waals surface area contributed by atoms with Gasteiger partial charge in [0.15, 0.2) is 0 Å². The topological polar surface area (TPSA) is 32.3 Å². The number of para-hydroxylation sites is 1. The van der Waals surface area contributed by atoms with Crippen molar-refractivity contribution >= 4 is 46.0 Å². The molecule has 134 valence electrons. The molecule has 0 unspecified atom stereocenters. The predicted octanol–water partition coefficient (Wildman–Crippen LogP) is 5.12. The van der Waals surface area contributed by atoms with Crippen molar-refractivity contribution in [2.75, 3.05) is 24.7 Å². The summed E-state index contributed by atoms with van der Waals surface area (Å²) in [5.74, 6) is 0.0479. The van der Waals surface area contributed by atoms with Crippen molar-refractivity contribution in [1.82, 2.24) is 4.90 Å². The molecule has 1 atom stereocenters. The highest BCUT2D eigenvalue weighted by molar-refractivity contribution is 7.98. The van der Waals surface area contributed by atoms with E-state index in [9.17, 15) is 4.79 Å². The van der Waals surface area contributed by atoms with E-state index in [4.69, 9.17) is 0 Å². The van der Waals surface area contributed by atoms with Crippen LogP contribution < -0.4 is 5.32 Å². The molecule has 0 aliphatic carbocycles. The lowest BCUT2D eigenvalue weighted by atomic mass is 9.98. The van der Waals surface area contributed by atoms with Gasteiger partial charge in [0.25, 0.3) is 0 Å². The molecule has 3 heterocycles. The molecule has 1 aromatic carbocycles. The number of hydrogen-bond acceptors (Lipinski definition) is 5. The summed E-state index contributed by atoms with van der Waals surface area (Å²) in [6.45, 7) is 1.31. The van der Waals surface area contributed by atoms with E-state index in [1.165, 1.54) is 15.3 Å². The van der Waals surface area contributed by atoms with E-state index in [1.54, 1.807) is 23.1 Å². The van der Waals surface area contributed by atoms with E-state index in [0.29, 0.717) is 6.54 Å². The number of benzene rings is 1. The number of rotatable bonds is 5. The lowest BCUT2D eigenvalue weighted by Gasteiger charge is -2.34. The molecule has 0 saturated carbocycles. The molecule has 0 saturated heterocycles. The number of amides is 1. The molecular formula is C20H20N2OS3. The van der Waals surface area contributed by atoms with Crippen LogP contribution in [0.2, 0.25) is 0 Å². The highest BCUT2D eigenvalue weighted by Crippen LogP contribution is 2.39. The summed E-state index contributed by atoms with van der Waals surface area (Å²) in [5.41, 5.74) is 2.26. The molecule has 26 heavy (non-hydrogen) atoms. The van der Waals surface area contributed by atoms with Crippen molar-refractivity contribution in [3.8, 4) is 0 Å². The van der Waals surface area contributed by atoms with Crippen LogP contribution in [-0.2, 0) is 11.2 Å². The fourth-order valence-corrected chi connectivity index (χ4v) is 5.77. The largest absolute Gasteiger partial charge is 0.324 e. The van der Waals surface area contributed by atoms with Crippen LogP contribution in [0.4, 0.5) is 5.69 Å². The van der Waals surface area contributed by atoms with Gasteiger partial charge < -0.3 is 5.32 Å². The Morgan fingerprint density at radius 3 is 2.88 bits per heavy atom. The number of carbonyl (C=O) groups excluding carboxylic acids is 1. The van der Waals surface area contributed by atoms with Gasteiger partial charge in [0.1, 0.15) is 0 Å². The first-order valence-electron chi connectivity index (χ1n) is 8.53. The van der Waals surface area contributed by atoms with Gasteiger partial charge in [0, 0.05) is 21.2 Å². The van der Waals surface area contributed by atoms with Gasteiger partial charge in [-0.3, -0.25) is 9.69 Å². The summed E-state index contributed by atoms with van der Waals surface area (Å²) in [6, 6.07) is 14.6. The SMILES string of the molecule is CSc1ccccc1NC(=O)CN1CCc2sccc2[C@H]1c1cccs1. The van der Waals surface area contributed by atoms with Crippen LogP contribution in [0.25, 0.3) is 0 Å². The number of anilines is 1. The molecule has 1 aliphatic heterocycles. The summed E-state index contributed by atoms with van der Waals surface area (Å²) >= 11 is 5.24. The average Bonchev–Trinajstić information content (AvgIpc) is 3.33. The van der Waals surface area contributed by atoms with Crippen LogP contribution in [0.5, 0.6) is 0 Å². The number of thioether (sulfide) groups is 1. The van der Waals surface area contributed by atoms with Crippen molar-refractivity contribution in [2.45, 2.75) is 17.4 Å².